The lowest BCUT2D eigenvalue weighted by Crippen LogP contribution is -2.27. The predicted molar refractivity (Wildman–Crippen MR) is 75.2 cm³/mol. The fourth-order valence-corrected chi connectivity index (χ4v) is 2.51. The number of carbonyl (C=O) groups is 2. The molecule has 20 heavy (non-hydrogen) atoms. The molecule has 1 atom stereocenters. The number of halogens is 1. The van der Waals surface area contributed by atoms with E-state index in [1.807, 2.05) is 0 Å². The highest BCUT2D eigenvalue weighted by Gasteiger charge is 2.31. The maximum atomic E-state index is 12.3. The van der Waals surface area contributed by atoms with Crippen LogP contribution in [-0.2, 0) is 4.79 Å². The van der Waals surface area contributed by atoms with E-state index in [1.54, 1.807) is 18.2 Å². The summed E-state index contributed by atoms with van der Waals surface area (Å²) in [5.74, 6) is -0.388. The van der Waals surface area contributed by atoms with Gasteiger partial charge in [0.1, 0.15) is 12.4 Å². The molecule has 0 radical (unpaired) electrons. The van der Waals surface area contributed by atoms with Gasteiger partial charge in [0.15, 0.2) is 5.78 Å². The van der Waals surface area contributed by atoms with Crippen LogP contribution in [0, 0.1) is 0 Å². The van der Waals surface area contributed by atoms with Crippen LogP contribution in [0.3, 0.4) is 0 Å². The summed E-state index contributed by atoms with van der Waals surface area (Å²) < 4.78 is 2.03. The number of benzene rings is 1. The minimum atomic E-state index is -0.795. The van der Waals surface area contributed by atoms with Crippen LogP contribution < -0.4 is 11.1 Å². The van der Waals surface area contributed by atoms with Crippen molar-refractivity contribution in [3.8, 4) is 0 Å². The Hall–Kier alpha value is -2.22. The van der Waals surface area contributed by atoms with Gasteiger partial charge < -0.3 is 11.1 Å². The molecule has 0 fully saturated rings. The van der Waals surface area contributed by atoms with E-state index in [-0.39, 0.29) is 24.1 Å². The number of amides is 1. The van der Waals surface area contributed by atoms with E-state index in [0.717, 1.165) is 4.47 Å². The second-order valence-electron chi connectivity index (χ2n) is 4.39. The monoisotopic (exact) mass is 335 g/mol. The first kappa shape index (κ1) is 12.8. The van der Waals surface area contributed by atoms with Gasteiger partial charge in [-0.15, -0.1) is 0 Å². The molecule has 102 valence electrons. The van der Waals surface area contributed by atoms with Gasteiger partial charge in [0.2, 0.25) is 11.9 Å². The summed E-state index contributed by atoms with van der Waals surface area (Å²) in [6, 6.07) is 4.33. The number of carbonyl (C=O) groups excluding carboxylic acids is 2. The first-order valence-corrected chi connectivity index (χ1v) is 6.64. The van der Waals surface area contributed by atoms with E-state index in [1.165, 1.54) is 11.0 Å². The molecule has 0 saturated heterocycles. The molecule has 1 aromatic carbocycles. The van der Waals surface area contributed by atoms with Crippen LogP contribution in [0.15, 0.2) is 29.0 Å². The minimum Gasteiger partial charge on any atom is -0.368 e. The van der Waals surface area contributed by atoms with Crippen molar-refractivity contribution in [3.05, 3.63) is 34.6 Å². The maximum absolute atomic E-state index is 12.3. The topological polar surface area (TPSA) is 103 Å². The molecule has 1 unspecified atom stereocenters. The largest absolute Gasteiger partial charge is 0.368 e. The Balaban J connectivity index is 2.04. The molecule has 8 heteroatoms. The molecule has 3 rings (SSSR count). The molecule has 2 aromatic rings. The van der Waals surface area contributed by atoms with Crippen molar-refractivity contribution >= 4 is 39.3 Å². The average Bonchev–Trinajstić information content (AvgIpc) is 2.78. The smallest absolute Gasteiger partial charge is 0.249 e. The highest BCUT2D eigenvalue weighted by molar-refractivity contribution is 9.10. The number of nitrogen functional groups attached to an aromatic ring is 1. The van der Waals surface area contributed by atoms with Crippen molar-refractivity contribution < 1.29 is 9.59 Å². The van der Waals surface area contributed by atoms with Gasteiger partial charge in [-0.1, -0.05) is 15.9 Å². The quantitative estimate of drug-likeness (QED) is 0.819. The number of nitrogens with one attached hydrogen (secondary N) is 1. The fourth-order valence-electron chi connectivity index (χ4n) is 2.15. The average molecular weight is 336 g/mol. The zero-order chi connectivity index (χ0) is 14.3. The lowest BCUT2D eigenvalue weighted by molar-refractivity contribution is -0.119. The third-order valence-corrected chi connectivity index (χ3v) is 3.61. The number of fused-ring (bicyclic) bond motifs is 1. The molecule has 2 heterocycles. The van der Waals surface area contributed by atoms with Gasteiger partial charge in [-0.3, -0.25) is 9.59 Å². The van der Waals surface area contributed by atoms with Crippen molar-refractivity contribution in [1.82, 2.24) is 14.8 Å². The van der Waals surface area contributed by atoms with Gasteiger partial charge in [0, 0.05) is 16.5 Å². The van der Waals surface area contributed by atoms with Crippen LogP contribution in [-0.4, -0.2) is 26.5 Å². The van der Waals surface area contributed by atoms with Crippen molar-refractivity contribution in [1.29, 1.82) is 0 Å². The van der Waals surface area contributed by atoms with Gasteiger partial charge >= 0.3 is 0 Å². The summed E-state index contributed by atoms with van der Waals surface area (Å²) in [4.78, 5) is 28.3. The standard InChI is InChI=1S/C12H10BrN5O2/c13-6-1-2-8-7(3-6)10(19)4-9(11(20)17-8)18-12(14)15-5-16-18/h1-3,5,9H,4H2,(H,17,20)(H2,14,15,16). The second kappa shape index (κ2) is 4.71. The van der Waals surface area contributed by atoms with Crippen LogP contribution in [0.25, 0.3) is 0 Å². The van der Waals surface area contributed by atoms with Crippen LogP contribution in [0.5, 0.6) is 0 Å². The number of nitrogens with zero attached hydrogens (tertiary/aromatic N) is 3. The normalized spacial score (nSPS) is 18.4. The van der Waals surface area contributed by atoms with Crippen LogP contribution in [0.1, 0.15) is 22.8 Å². The first-order chi connectivity index (χ1) is 9.56. The van der Waals surface area contributed by atoms with Crippen LogP contribution >= 0.6 is 15.9 Å². The molecule has 7 nitrogen and oxygen atoms in total. The SMILES string of the molecule is Nc1ncnn1C1CC(=O)c2cc(Br)ccc2NC1=O. The van der Waals surface area contributed by atoms with Crippen molar-refractivity contribution in [2.75, 3.05) is 11.1 Å². The minimum absolute atomic E-state index is 0.0111. The number of hydrogen-bond acceptors (Lipinski definition) is 5. The highest BCUT2D eigenvalue weighted by Crippen LogP contribution is 2.29. The Morgan fingerprint density at radius 1 is 1.40 bits per heavy atom. The highest BCUT2D eigenvalue weighted by atomic mass is 79.9. The van der Waals surface area contributed by atoms with E-state index >= 15 is 0 Å². The molecule has 1 aliphatic heterocycles. The summed E-state index contributed by atoms with van der Waals surface area (Å²) >= 11 is 3.31. The lowest BCUT2D eigenvalue weighted by Gasteiger charge is -2.13. The molecule has 1 aromatic heterocycles. The first-order valence-electron chi connectivity index (χ1n) is 5.85. The number of ketones is 1. The van der Waals surface area contributed by atoms with Gasteiger partial charge in [-0.2, -0.15) is 5.10 Å². The molecule has 1 aliphatic rings. The summed E-state index contributed by atoms with van der Waals surface area (Å²) in [6.07, 6.45) is 1.24. The zero-order valence-corrected chi connectivity index (χ0v) is 11.8. The molecule has 0 aliphatic carbocycles. The van der Waals surface area contributed by atoms with E-state index in [0.29, 0.717) is 11.3 Å². The van der Waals surface area contributed by atoms with Gasteiger partial charge in [0.05, 0.1) is 5.69 Å². The summed E-state index contributed by atoms with van der Waals surface area (Å²) in [7, 11) is 0. The molecule has 0 saturated carbocycles. The Morgan fingerprint density at radius 2 is 2.20 bits per heavy atom. The Kier molecular flexibility index (Phi) is 3.01. The van der Waals surface area contributed by atoms with Crippen LogP contribution in [0.2, 0.25) is 0 Å². The number of Topliss-reactive ketones (excluding diaryl/α,β-unsaturated/α-hetero) is 1. The van der Waals surface area contributed by atoms with Gasteiger partial charge in [-0.05, 0) is 18.2 Å². The predicted octanol–water partition coefficient (Wildman–Crippen LogP) is 1.39. The third kappa shape index (κ3) is 2.07. The van der Waals surface area contributed by atoms with Gasteiger partial charge in [-0.25, -0.2) is 9.67 Å². The van der Waals surface area contributed by atoms with Crippen molar-refractivity contribution in [3.63, 3.8) is 0 Å². The maximum Gasteiger partial charge on any atom is 0.249 e. The molecule has 0 bridgehead atoms. The molecule has 0 spiro atoms. The number of hydrogen-bond donors (Lipinski definition) is 2. The Morgan fingerprint density at radius 3 is 2.90 bits per heavy atom. The van der Waals surface area contributed by atoms with Crippen molar-refractivity contribution in [2.24, 2.45) is 0 Å². The number of anilines is 2. The summed E-state index contributed by atoms with van der Waals surface area (Å²) in [5.41, 5.74) is 6.61. The van der Waals surface area contributed by atoms with E-state index < -0.39 is 6.04 Å². The zero-order valence-electron chi connectivity index (χ0n) is 10.2. The lowest BCUT2D eigenvalue weighted by atomic mass is 10.0. The molecule has 3 N–H and O–H groups in total. The third-order valence-electron chi connectivity index (χ3n) is 3.12. The summed E-state index contributed by atoms with van der Waals surface area (Å²) in [5, 5.41) is 6.63. The second-order valence-corrected chi connectivity index (χ2v) is 5.30. The van der Waals surface area contributed by atoms with Crippen molar-refractivity contribution in [2.45, 2.75) is 12.5 Å². The Bertz CT molecular complexity index is 712. The summed E-state index contributed by atoms with van der Waals surface area (Å²) in [6.45, 7) is 0. The molecular weight excluding hydrogens is 326 g/mol. The van der Waals surface area contributed by atoms with E-state index in [2.05, 4.69) is 31.3 Å². The van der Waals surface area contributed by atoms with E-state index in [9.17, 15) is 9.59 Å². The number of nitrogens with two attached hydrogens (primary N) is 1. The molecular formula is C12H10BrN5O2. The van der Waals surface area contributed by atoms with E-state index in [4.69, 9.17) is 5.73 Å². The Labute approximate surface area is 122 Å². The molecule has 1 amide bonds. The van der Waals surface area contributed by atoms with Gasteiger partial charge in [0.25, 0.3) is 0 Å². The van der Waals surface area contributed by atoms with Crippen LogP contribution in [0.4, 0.5) is 11.6 Å². The fraction of sp³-hybridized carbons (Fsp3) is 0.167. The number of rotatable bonds is 1. The number of aromatic nitrogens is 3.